The van der Waals surface area contributed by atoms with Crippen LogP contribution in [0.15, 0.2) is 24.3 Å². The first kappa shape index (κ1) is 18.8. The van der Waals surface area contributed by atoms with Crippen LogP contribution in [0.25, 0.3) is 0 Å². The third-order valence-corrected chi connectivity index (χ3v) is 3.57. The highest BCUT2D eigenvalue weighted by Gasteiger charge is 2.36. The molecular weight excluding hydrogens is 324 g/mol. The first-order valence-corrected chi connectivity index (χ1v) is 8.23. The lowest BCUT2D eigenvalue weighted by Gasteiger charge is -2.34. The number of carbonyl (C=O) groups is 3. The average Bonchev–Trinajstić information content (AvgIpc) is 2.50. The maximum Gasteiger partial charge on any atom is 0.408 e. The van der Waals surface area contributed by atoms with Gasteiger partial charge in [0.1, 0.15) is 18.2 Å². The van der Waals surface area contributed by atoms with Crippen molar-refractivity contribution in [1.29, 1.82) is 0 Å². The summed E-state index contributed by atoms with van der Waals surface area (Å²) in [5, 5.41) is 2.61. The van der Waals surface area contributed by atoms with Gasteiger partial charge in [-0.05, 0) is 38.8 Å². The Hall–Kier alpha value is -2.57. The van der Waals surface area contributed by atoms with Gasteiger partial charge in [0.2, 0.25) is 0 Å². The van der Waals surface area contributed by atoms with Crippen LogP contribution in [0.2, 0.25) is 0 Å². The number of ether oxygens (including phenoxy) is 2. The summed E-state index contributed by atoms with van der Waals surface area (Å²) >= 11 is 0. The minimum atomic E-state index is -0.894. The van der Waals surface area contributed by atoms with Crippen LogP contribution in [0.1, 0.15) is 44.9 Å². The number of benzene rings is 1. The Kier molecular flexibility index (Phi) is 5.66. The molecule has 1 N–H and O–H groups in total. The van der Waals surface area contributed by atoms with Gasteiger partial charge in [-0.3, -0.25) is 9.59 Å². The predicted molar refractivity (Wildman–Crippen MR) is 90.6 cm³/mol. The zero-order valence-corrected chi connectivity index (χ0v) is 15.0. The molecule has 25 heavy (non-hydrogen) atoms. The number of nitrogens with one attached hydrogen (secondary N) is 1. The van der Waals surface area contributed by atoms with E-state index in [0.717, 1.165) is 5.56 Å². The zero-order chi connectivity index (χ0) is 18.6. The molecule has 0 saturated carbocycles. The minimum Gasteiger partial charge on any atom is -0.465 e. The van der Waals surface area contributed by atoms with E-state index in [9.17, 15) is 14.4 Å². The van der Waals surface area contributed by atoms with Crippen molar-refractivity contribution in [2.75, 3.05) is 13.2 Å². The molecule has 1 aromatic rings. The Labute approximate surface area is 147 Å². The normalized spacial score (nSPS) is 16.9. The number of amides is 2. The molecule has 0 bridgehead atoms. The molecule has 1 aliphatic rings. The minimum absolute atomic E-state index is 0.159. The zero-order valence-electron chi connectivity index (χ0n) is 15.0. The number of hydrogen-bond acceptors (Lipinski definition) is 5. The highest BCUT2D eigenvalue weighted by Crippen LogP contribution is 2.28. The molecule has 0 aromatic heterocycles. The fourth-order valence-electron chi connectivity index (χ4n) is 2.62. The third kappa shape index (κ3) is 4.95. The van der Waals surface area contributed by atoms with Gasteiger partial charge in [-0.2, -0.15) is 0 Å². The molecule has 136 valence electrons. The number of alkyl carbamates (subject to hydrolysis) is 1. The molecule has 1 unspecified atom stereocenters. The molecule has 2 rings (SSSR count). The lowest BCUT2D eigenvalue weighted by atomic mass is 9.94. The van der Waals surface area contributed by atoms with Crippen LogP contribution >= 0.6 is 0 Å². The largest absolute Gasteiger partial charge is 0.465 e. The number of nitrogens with zero attached hydrogens (tertiary/aromatic N) is 1. The van der Waals surface area contributed by atoms with Crippen molar-refractivity contribution in [2.45, 2.75) is 45.9 Å². The van der Waals surface area contributed by atoms with Gasteiger partial charge in [-0.1, -0.05) is 24.3 Å². The summed E-state index contributed by atoms with van der Waals surface area (Å²) in [7, 11) is 0. The van der Waals surface area contributed by atoms with Crippen molar-refractivity contribution in [2.24, 2.45) is 0 Å². The van der Waals surface area contributed by atoms with E-state index in [4.69, 9.17) is 9.47 Å². The Morgan fingerprint density at radius 3 is 2.60 bits per heavy atom. The quantitative estimate of drug-likeness (QED) is 0.843. The van der Waals surface area contributed by atoms with Crippen LogP contribution < -0.4 is 5.32 Å². The van der Waals surface area contributed by atoms with Crippen molar-refractivity contribution in [1.82, 2.24) is 10.2 Å². The van der Waals surface area contributed by atoms with Crippen LogP contribution in [-0.2, 0) is 25.6 Å². The molecule has 0 radical (unpaired) electrons. The molecule has 7 heteroatoms. The van der Waals surface area contributed by atoms with E-state index >= 15 is 0 Å². The second kappa shape index (κ2) is 7.55. The van der Waals surface area contributed by atoms with E-state index in [2.05, 4.69) is 5.32 Å². The first-order valence-electron chi connectivity index (χ1n) is 8.23. The molecule has 7 nitrogen and oxygen atoms in total. The number of hydrogen-bond donors (Lipinski definition) is 1. The predicted octanol–water partition coefficient (Wildman–Crippen LogP) is 2.16. The summed E-state index contributed by atoms with van der Waals surface area (Å²) in [6, 6.07) is 6.41. The summed E-state index contributed by atoms with van der Waals surface area (Å²) in [6.07, 6.45) is -0.682. The van der Waals surface area contributed by atoms with E-state index in [0.29, 0.717) is 12.1 Å². The Bertz CT molecular complexity index is 666. The van der Waals surface area contributed by atoms with Gasteiger partial charge in [-0.25, -0.2) is 4.79 Å². The summed E-state index contributed by atoms with van der Waals surface area (Å²) in [5.74, 6) is -0.844. The van der Waals surface area contributed by atoms with Gasteiger partial charge >= 0.3 is 12.1 Å². The highest BCUT2D eigenvalue weighted by atomic mass is 16.6. The van der Waals surface area contributed by atoms with E-state index in [1.807, 2.05) is 12.1 Å². The molecule has 1 aromatic carbocycles. The average molecular weight is 348 g/mol. The number of esters is 1. The van der Waals surface area contributed by atoms with Gasteiger partial charge in [-0.15, -0.1) is 0 Å². The lowest BCUT2D eigenvalue weighted by molar-refractivity contribution is -0.150. The molecular formula is C18H24N2O5. The van der Waals surface area contributed by atoms with Crippen LogP contribution in [0.5, 0.6) is 0 Å². The van der Waals surface area contributed by atoms with Crippen LogP contribution in [0, 0.1) is 0 Å². The highest BCUT2D eigenvalue weighted by molar-refractivity contribution is 5.91. The van der Waals surface area contributed by atoms with Crippen LogP contribution in [0.3, 0.4) is 0 Å². The number of fused-ring (bicyclic) bond motifs is 1. The number of carbonyl (C=O) groups excluding carboxylic acids is 3. The second-order valence-corrected chi connectivity index (χ2v) is 6.78. The summed E-state index contributed by atoms with van der Waals surface area (Å²) in [6.45, 7) is 7.33. The second-order valence-electron chi connectivity index (χ2n) is 6.78. The van der Waals surface area contributed by atoms with Crippen LogP contribution in [0.4, 0.5) is 4.79 Å². The maximum atomic E-state index is 12.8. The van der Waals surface area contributed by atoms with Crippen molar-refractivity contribution in [3.05, 3.63) is 35.4 Å². The Morgan fingerprint density at radius 2 is 1.96 bits per heavy atom. The number of rotatable bonds is 4. The van der Waals surface area contributed by atoms with Gasteiger partial charge in [0, 0.05) is 6.54 Å². The molecule has 0 aliphatic carbocycles. The van der Waals surface area contributed by atoms with E-state index in [1.54, 1.807) is 39.8 Å². The molecule has 0 spiro atoms. The summed E-state index contributed by atoms with van der Waals surface area (Å²) < 4.78 is 10.2. The monoisotopic (exact) mass is 348 g/mol. The molecule has 0 fully saturated rings. The lowest BCUT2D eigenvalue weighted by Crippen LogP contribution is -2.49. The molecule has 1 aliphatic heterocycles. The molecule has 2 amide bonds. The van der Waals surface area contributed by atoms with Gasteiger partial charge < -0.3 is 19.7 Å². The first-order chi connectivity index (χ1) is 11.7. The topological polar surface area (TPSA) is 84.9 Å². The fraction of sp³-hybridized carbons (Fsp3) is 0.500. The summed E-state index contributed by atoms with van der Waals surface area (Å²) in [5.41, 5.74) is 0.900. The van der Waals surface area contributed by atoms with Crippen molar-refractivity contribution < 1.29 is 23.9 Å². The van der Waals surface area contributed by atoms with E-state index < -0.39 is 23.7 Å². The Balaban J connectivity index is 2.22. The third-order valence-electron chi connectivity index (χ3n) is 3.57. The smallest absolute Gasteiger partial charge is 0.408 e. The van der Waals surface area contributed by atoms with Crippen LogP contribution in [-0.4, -0.2) is 41.6 Å². The maximum absolute atomic E-state index is 12.8. The van der Waals surface area contributed by atoms with E-state index in [1.165, 1.54) is 4.90 Å². The van der Waals surface area contributed by atoms with Gasteiger partial charge in [0.25, 0.3) is 5.91 Å². The van der Waals surface area contributed by atoms with Crippen molar-refractivity contribution in [3.8, 4) is 0 Å². The molecule has 1 heterocycles. The van der Waals surface area contributed by atoms with Crippen molar-refractivity contribution in [3.63, 3.8) is 0 Å². The molecule has 1 atom stereocenters. The SMILES string of the molecule is CCOC(=O)CN1Cc2ccccc2C(NC(=O)OC(C)(C)C)C1=O. The van der Waals surface area contributed by atoms with Crippen molar-refractivity contribution >= 4 is 18.0 Å². The fourth-order valence-corrected chi connectivity index (χ4v) is 2.62. The standard InChI is InChI=1S/C18H24N2O5/c1-5-24-14(21)11-20-10-12-8-6-7-9-13(12)15(16(20)22)19-17(23)25-18(2,3)4/h6-9,15H,5,10-11H2,1-4H3,(H,19,23). The summed E-state index contributed by atoms with van der Waals surface area (Å²) in [4.78, 5) is 38.0. The van der Waals surface area contributed by atoms with E-state index in [-0.39, 0.29) is 19.1 Å². The van der Waals surface area contributed by atoms with Gasteiger partial charge in [0.05, 0.1) is 6.61 Å². The Morgan fingerprint density at radius 1 is 1.28 bits per heavy atom. The molecule has 0 saturated heterocycles. The van der Waals surface area contributed by atoms with Gasteiger partial charge in [0.15, 0.2) is 0 Å².